The summed E-state index contributed by atoms with van der Waals surface area (Å²) in [6.07, 6.45) is 1.61. The van der Waals surface area contributed by atoms with Crippen LogP contribution in [0.25, 0.3) is 11.4 Å². The van der Waals surface area contributed by atoms with E-state index in [1.165, 1.54) is 6.92 Å². The second kappa shape index (κ2) is 8.99. The summed E-state index contributed by atoms with van der Waals surface area (Å²) in [5.74, 6) is 0.909. The summed E-state index contributed by atoms with van der Waals surface area (Å²) in [5.41, 5.74) is 2.02. The number of nitrogens with zero attached hydrogens (tertiary/aromatic N) is 3. The van der Waals surface area contributed by atoms with Gasteiger partial charge < -0.3 is 19.5 Å². The maximum atomic E-state index is 12.8. The van der Waals surface area contributed by atoms with Crippen molar-refractivity contribution >= 4 is 23.4 Å². The van der Waals surface area contributed by atoms with Gasteiger partial charge in [0, 0.05) is 29.9 Å². The van der Waals surface area contributed by atoms with E-state index in [4.69, 9.17) is 9.26 Å². The Balaban J connectivity index is 1.42. The van der Waals surface area contributed by atoms with Gasteiger partial charge in [-0.1, -0.05) is 17.3 Å². The van der Waals surface area contributed by atoms with Gasteiger partial charge in [-0.15, -0.1) is 0 Å². The number of ketones is 1. The molecule has 8 heteroatoms. The predicted molar refractivity (Wildman–Crippen MR) is 116 cm³/mol. The molecule has 1 N–H and O–H groups in total. The Hall–Kier alpha value is -3.68. The average molecular weight is 420 g/mol. The molecule has 2 aromatic carbocycles. The maximum Gasteiger partial charge on any atom is 0.324 e. The van der Waals surface area contributed by atoms with Gasteiger partial charge in [-0.25, -0.2) is 0 Å². The Morgan fingerprint density at radius 2 is 2.00 bits per heavy atom. The minimum Gasteiger partial charge on any atom is -0.497 e. The summed E-state index contributed by atoms with van der Waals surface area (Å²) in [7, 11) is 1.62. The molecular formula is C23H24N4O4. The molecule has 2 heterocycles. The van der Waals surface area contributed by atoms with Crippen LogP contribution in [0.2, 0.25) is 0 Å². The lowest BCUT2D eigenvalue weighted by Gasteiger charge is -2.30. The first kappa shape index (κ1) is 20.6. The first-order chi connectivity index (χ1) is 15.0. The third-order valence-corrected chi connectivity index (χ3v) is 5.36. The molecule has 1 amide bonds. The van der Waals surface area contributed by atoms with Crippen LogP contribution < -0.4 is 15.0 Å². The number of hydrogen-bond donors (Lipinski definition) is 1. The zero-order valence-electron chi connectivity index (χ0n) is 17.5. The highest BCUT2D eigenvalue weighted by molar-refractivity contribution is 5.97. The largest absolute Gasteiger partial charge is 0.497 e. The molecule has 1 aromatic heterocycles. The summed E-state index contributed by atoms with van der Waals surface area (Å²) in [6.45, 7) is 2.74. The standard InChI is InChI=1S/C23H24N4O4/c1-15(28)17-5-3-7-19(13-17)24-22(29)18-6-4-12-27(14-18)23-25-21(26-31-23)16-8-10-20(30-2)11-9-16/h3,5,7-11,13,18H,4,6,12,14H2,1-2H3,(H,24,29)/t18-/m0/s1. The van der Waals surface area contributed by atoms with Crippen molar-refractivity contribution in [1.82, 2.24) is 10.1 Å². The summed E-state index contributed by atoms with van der Waals surface area (Å²) in [6, 6.07) is 14.8. The van der Waals surface area contributed by atoms with Crippen molar-refractivity contribution in [3.8, 4) is 17.1 Å². The molecule has 0 unspecified atom stereocenters. The number of carbonyl (C=O) groups excluding carboxylic acids is 2. The van der Waals surface area contributed by atoms with E-state index in [2.05, 4.69) is 15.5 Å². The van der Waals surface area contributed by atoms with Crippen molar-refractivity contribution < 1.29 is 18.8 Å². The number of benzene rings is 2. The number of methoxy groups -OCH3 is 1. The van der Waals surface area contributed by atoms with E-state index >= 15 is 0 Å². The molecule has 0 saturated carbocycles. The van der Waals surface area contributed by atoms with E-state index < -0.39 is 0 Å². The van der Waals surface area contributed by atoms with Crippen molar-refractivity contribution in [3.63, 3.8) is 0 Å². The molecule has 4 rings (SSSR count). The molecule has 0 bridgehead atoms. The first-order valence-corrected chi connectivity index (χ1v) is 10.2. The molecule has 0 spiro atoms. The molecule has 1 aliphatic rings. The van der Waals surface area contributed by atoms with Gasteiger partial charge in [-0.2, -0.15) is 4.98 Å². The predicted octanol–water partition coefficient (Wildman–Crippen LogP) is 3.80. The van der Waals surface area contributed by atoms with Crippen molar-refractivity contribution in [2.45, 2.75) is 19.8 Å². The van der Waals surface area contributed by atoms with Gasteiger partial charge in [0.2, 0.25) is 11.7 Å². The summed E-state index contributed by atoms with van der Waals surface area (Å²) < 4.78 is 10.6. The zero-order valence-corrected chi connectivity index (χ0v) is 17.5. The number of Topliss-reactive ketones (excluding diaryl/α,β-unsaturated/α-hetero) is 1. The number of ether oxygens (including phenoxy) is 1. The van der Waals surface area contributed by atoms with Crippen molar-refractivity contribution in [3.05, 3.63) is 54.1 Å². The number of anilines is 2. The molecule has 8 nitrogen and oxygen atoms in total. The first-order valence-electron chi connectivity index (χ1n) is 10.2. The Labute approximate surface area is 180 Å². The summed E-state index contributed by atoms with van der Waals surface area (Å²) >= 11 is 0. The number of aromatic nitrogens is 2. The van der Waals surface area contributed by atoms with E-state index in [9.17, 15) is 9.59 Å². The van der Waals surface area contributed by atoms with E-state index in [1.807, 2.05) is 29.2 Å². The highest BCUT2D eigenvalue weighted by Gasteiger charge is 2.29. The smallest absolute Gasteiger partial charge is 0.324 e. The second-order valence-corrected chi connectivity index (χ2v) is 7.54. The van der Waals surface area contributed by atoms with Crippen molar-refractivity contribution in [1.29, 1.82) is 0 Å². The Morgan fingerprint density at radius 1 is 1.19 bits per heavy atom. The number of rotatable bonds is 6. The minimum atomic E-state index is -0.217. The summed E-state index contributed by atoms with van der Waals surface area (Å²) in [4.78, 5) is 30.8. The lowest BCUT2D eigenvalue weighted by molar-refractivity contribution is -0.120. The van der Waals surface area contributed by atoms with Gasteiger partial charge in [0.15, 0.2) is 5.78 Å². The van der Waals surface area contributed by atoms with Crippen LogP contribution in [0, 0.1) is 5.92 Å². The van der Waals surface area contributed by atoms with Gasteiger partial charge in [-0.05, 0) is 56.2 Å². The number of nitrogens with one attached hydrogen (secondary N) is 1. The molecule has 160 valence electrons. The van der Waals surface area contributed by atoms with E-state index in [0.29, 0.717) is 29.6 Å². The molecule has 1 atom stereocenters. The molecule has 3 aromatic rings. The lowest BCUT2D eigenvalue weighted by Crippen LogP contribution is -2.41. The Bertz CT molecular complexity index is 1080. The van der Waals surface area contributed by atoms with Crippen LogP contribution in [0.4, 0.5) is 11.7 Å². The topological polar surface area (TPSA) is 97.6 Å². The molecule has 1 aliphatic heterocycles. The van der Waals surface area contributed by atoms with Gasteiger partial charge in [-0.3, -0.25) is 9.59 Å². The molecule has 31 heavy (non-hydrogen) atoms. The number of hydrogen-bond acceptors (Lipinski definition) is 7. The van der Waals surface area contributed by atoms with Crippen LogP contribution in [0.3, 0.4) is 0 Å². The normalized spacial score (nSPS) is 16.1. The van der Waals surface area contributed by atoms with Crippen LogP contribution in [0.5, 0.6) is 5.75 Å². The quantitative estimate of drug-likeness (QED) is 0.606. The molecule has 1 fully saturated rings. The Kier molecular flexibility index (Phi) is 5.97. The van der Waals surface area contributed by atoms with Crippen molar-refractivity contribution in [2.24, 2.45) is 5.92 Å². The van der Waals surface area contributed by atoms with Gasteiger partial charge in [0.25, 0.3) is 0 Å². The molecule has 0 radical (unpaired) electrons. The number of carbonyl (C=O) groups is 2. The van der Waals surface area contributed by atoms with Gasteiger partial charge in [0.1, 0.15) is 5.75 Å². The molecule has 0 aliphatic carbocycles. The third-order valence-electron chi connectivity index (χ3n) is 5.36. The van der Waals surface area contributed by atoms with Crippen LogP contribution in [0.1, 0.15) is 30.1 Å². The fourth-order valence-corrected chi connectivity index (χ4v) is 3.63. The van der Waals surface area contributed by atoms with Crippen LogP contribution >= 0.6 is 0 Å². The van der Waals surface area contributed by atoms with Gasteiger partial charge >= 0.3 is 6.01 Å². The van der Waals surface area contributed by atoms with Crippen LogP contribution in [-0.2, 0) is 4.79 Å². The van der Waals surface area contributed by atoms with Gasteiger partial charge in [0.05, 0.1) is 13.0 Å². The fraction of sp³-hybridized carbons (Fsp3) is 0.304. The fourth-order valence-electron chi connectivity index (χ4n) is 3.63. The molecule has 1 saturated heterocycles. The second-order valence-electron chi connectivity index (χ2n) is 7.54. The Morgan fingerprint density at radius 3 is 2.74 bits per heavy atom. The number of amides is 1. The van der Waals surface area contributed by atoms with E-state index in [-0.39, 0.29) is 17.6 Å². The maximum absolute atomic E-state index is 12.8. The SMILES string of the molecule is COc1ccc(-c2noc(N3CCC[C@H](C(=O)Nc4cccc(C(C)=O)c4)C3)n2)cc1. The highest BCUT2D eigenvalue weighted by atomic mass is 16.5. The lowest BCUT2D eigenvalue weighted by atomic mass is 9.97. The minimum absolute atomic E-state index is 0.0380. The monoisotopic (exact) mass is 420 g/mol. The third kappa shape index (κ3) is 4.74. The highest BCUT2D eigenvalue weighted by Crippen LogP contribution is 2.26. The average Bonchev–Trinajstić information content (AvgIpc) is 3.30. The number of piperidine rings is 1. The van der Waals surface area contributed by atoms with E-state index in [1.54, 1.807) is 31.4 Å². The van der Waals surface area contributed by atoms with Crippen molar-refractivity contribution in [2.75, 3.05) is 30.4 Å². The van der Waals surface area contributed by atoms with Crippen LogP contribution in [-0.4, -0.2) is 42.0 Å². The summed E-state index contributed by atoms with van der Waals surface area (Å²) in [5, 5.41) is 7.00. The zero-order chi connectivity index (χ0) is 21.8. The molecular weight excluding hydrogens is 396 g/mol. The van der Waals surface area contributed by atoms with E-state index in [0.717, 1.165) is 30.7 Å². The van der Waals surface area contributed by atoms with Crippen LogP contribution in [0.15, 0.2) is 53.1 Å².